The number of likely N-dealkylation sites (tertiary alicyclic amines) is 1. The second-order valence-corrected chi connectivity index (χ2v) is 10.6. The number of hydrogen-bond donors (Lipinski definition) is 2. The molecule has 4 N–H and O–H groups in total. The maximum absolute atomic E-state index is 13.3. The molecule has 42 heavy (non-hydrogen) atoms. The van der Waals surface area contributed by atoms with Gasteiger partial charge in [0.05, 0.1) is 6.61 Å². The number of aromatic nitrogens is 4. The Hall–Kier alpha value is -4.80. The van der Waals surface area contributed by atoms with Gasteiger partial charge in [-0.2, -0.15) is 5.10 Å². The lowest BCUT2D eigenvalue weighted by Gasteiger charge is -2.31. The fourth-order valence-corrected chi connectivity index (χ4v) is 5.91. The molecule has 0 unspecified atom stereocenters. The van der Waals surface area contributed by atoms with Crippen molar-refractivity contribution in [3.05, 3.63) is 101 Å². The van der Waals surface area contributed by atoms with Crippen LogP contribution >= 0.6 is 0 Å². The zero-order chi connectivity index (χ0) is 29.2. The molecule has 0 spiro atoms. The molecule has 0 atom stereocenters. The van der Waals surface area contributed by atoms with Gasteiger partial charge in [-0.05, 0) is 61.3 Å². The summed E-state index contributed by atoms with van der Waals surface area (Å²) in [5, 5.41) is 4.57. The molecular weight excluding hydrogens is 530 g/mol. The van der Waals surface area contributed by atoms with Gasteiger partial charge in [0.15, 0.2) is 5.82 Å². The van der Waals surface area contributed by atoms with Crippen LogP contribution in [0.5, 0.6) is 0 Å². The third-order valence-electron chi connectivity index (χ3n) is 8.11. The number of piperidine rings is 1. The molecule has 0 aliphatic carbocycles. The van der Waals surface area contributed by atoms with Crippen molar-refractivity contribution in [2.75, 3.05) is 39.1 Å². The fraction of sp³-hybridized carbons (Fsp3) is 0.250. The minimum Gasteiger partial charge on any atom is -0.383 e. The number of primary amides is 1. The summed E-state index contributed by atoms with van der Waals surface area (Å²) in [6.45, 7) is 3.66. The first-order chi connectivity index (χ1) is 20.5. The molecule has 214 valence electrons. The van der Waals surface area contributed by atoms with Crippen LogP contribution in [-0.2, 0) is 4.74 Å². The molecule has 1 aliphatic rings. The highest BCUT2D eigenvalue weighted by Crippen LogP contribution is 2.37. The largest absolute Gasteiger partial charge is 0.383 e. The molecule has 1 amide bonds. The highest BCUT2D eigenvalue weighted by atomic mass is 16.5. The van der Waals surface area contributed by atoms with Crippen LogP contribution in [0.2, 0.25) is 0 Å². The maximum Gasteiger partial charge on any atom is 0.268 e. The van der Waals surface area contributed by atoms with Gasteiger partial charge in [-0.15, -0.1) is 0 Å². The number of methoxy groups -OCH3 is 1. The SMILES string of the molecule is COCCN1CCC(c2cc(-c3ccc(-c4ccn(-c5ccccc5)c(=O)c4C(N)=O)cc3)c3c(N)ncnn23)CC1. The van der Waals surface area contributed by atoms with Gasteiger partial charge in [-0.1, -0.05) is 42.5 Å². The lowest BCUT2D eigenvalue weighted by molar-refractivity contribution is 0.0999. The highest BCUT2D eigenvalue weighted by molar-refractivity contribution is 5.99. The normalized spacial score (nSPS) is 14.4. The summed E-state index contributed by atoms with van der Waals surface area (Å²) in [5.41, 5.74) is 17.2. The van der Waals surface area contributed by atoms with Crippen LogP contribution in [0.3, 0.4) is 0 Å². The van der Waals surface area contributed by atoms with E-state index in [2.05, 4.69) is 21.0 Å². The third kappa shape index (κ3) is 5.06. The van der Waals surface area contributed by atoms with E-state index >= 15 is 0 Å². The molecule has 1 aliphatic heterocycles. The first-order valence-electron chi connectivity index (χ1n) is 14.0. The van der Waals surface area contributed by atoms with Crippen LogP contribution in [0.15, 0.2) is 84.0 Å². The first-order valence-corrected chi connectivity index (χ1v) is 14.0. The van der Waals surface area contributed by atoms with Crippen molar-refractivity contribution in [2.45, 2.75) is 18.8 Å². The Morgan fingerprint density at radius 3 is 2.36 bits per heavy atom. The molecule has 0 radical (unpaired) electrons. The number of anilines is 1. The Morgan fingerprint density at radius 2 is 1.69 bits per heavy atom. The number of benzene rings is 2. The third-order valence-corrected chi connectivity index (χ3v) is 8.11. The second kappa shape index (κ2) is 11.6. The number of ether oxygens (including phenoxy) is 1. The van der Waals surface area contributed by atoms with Crippen molar-refractivity contribution < 1.29 is 9.53 Å². The lowest BCUT2D eigenvalue weighted by Crippen LogP contribution is -2.35. The number of para-hydroxylation sites is 1. The molecule has 0 bridgehead atoms. The predicted octanol–water partition coefficient (Wildman–Crippen LogP) is 3.72. The summed E-state index contributed by atoms with van der Waals surface area (Å²) in [4.78, 5) is 32.5. The predicted molar refractivity (Wildman–Crippen MR) is 163 cm³/mol. The molecule has 1 fully saturated rings. The van der Waals surface area contributed by atoms with Crippen molar-refractivity contribution in [1.82, 2.24) is 24.1 Å². The number of carbonyl (C=O) groups excluding carboxylic acids is 1. The minimum atomic E-state index is -0.773. The van der Waals surface area contributed by atoms with Gasteiger partial charge in [0.25, 0.3) is 11.5 Å². The van der Waals surface area contributed by atoms with Gasteiger partial charge < -0.3 is 21.1 Å². The van der Waals surface area contributed by atoms with Gasteiger partial charge in [-0.3, -0.25) is 14.2 Å². The Labute approximate surface area is 243 Å². The molecule has 0 saturated carbocycles. The monoisotopic (exact) mass is 563 g/mol. The van der Waals surface area contributed by atoms with E-state index in [0.29, 0.717) is 28.6 Å². The Kier molecular flexibility index (Phi) is 7.56. The lowest BCUT2D eigenvalue weighted by atomic mass is 9.92. The van der Waals surface area contributed by atoms with Crippen molar-refractivity contribution in [3.63, 3.8) is 0 Å². The average molecular weight is 564 g/mol. The van der Waals surface area contributed by atoms with E-state index in [1.54, 1.807) is 31.5 Å². The average Bonchev–Trinajstić information content (AvgIpc) is 3.41. The number of nitrogens with zero attached hydrogens (tertiary/aromatic N) is 5. The quantitative estimate of drug-likeness (QED) is 0.294. The van der Waals surface area contributed by atoms with Crippen LogP contribution in [0.4, 0.5) is 5.82 Å². The van der Waals surface area contributed by atoms with E-state index in [-0.39, 0.29) is 5.56 Å². The number of rotatable bonds is 8. The summed E-state index contributed by atoms with van der Waals surface area (Å²) >= 11 is 0. The van der Waals surface area contributed by atoms with Crippen molar-refractivity contribution in [3.8, 4) is 27.9 Å². The number of amides is 1. The molecular formula is C32H33N7O3. The highest BCUT2D eigenvalue weighted by Gasteiger charge is 2.26. The van der Waals surface area contributed by atoms with Crippen LogP contribution < -0.4 is 17.0 Å². The number of nitrogens with two attached hydrogens (primary N) is 2. The number of nitrogen functional groups attached to an aromatic ring is 1. The molecule has 1 saturated heterocycles. The van der Waals surface area contributed by atoms with Gasteiger partial charge in [0.1, 0.15) is 17.4 Å². The first kappa shape index (κ1) is 27.4. The fourth-order valence-electron chi connectivity index (χ4n) is 5.91. The summed E-state index contributed by atoms with van der Waals surface area (Å²) < 4.78 is 8.60. The number of fused-ring (bicyclic) bond motifs is 1. The number of pyridine rings is 1. The van der Waals surface area contributed by atoms with E-state index in [9.17, 15) is 9.59 Å². The number of hydrogen-bond acceptors (Lipinski definition) is 7. The maximum atomic E-state index is 13.3. The van der Waals surface area contributed by atoms with Gasteiger partial charge in [0.2, 0.25) is 0 Å². The van der Waals surface area contributed by atoms with Crippen molar-refractivity contribution in [2.24, 2.45) is 5.73 Å². The summed E-state index contributed by atoms with van der Waals surface area (Å²) in [5.74, 6) is -0.0214. The minimum absolute atomic E-state index is 0.0554. The standard InChI is InChI=1S/C32H33N7O3/c1-42-18-17-37-14-11-23(12-15-37)27-19-26(29-30(33)35-20-36-39(27)29)22-9-7-21(8-10-22)25-13-16-38(24-5-3-2-4-6-24)32(41)28(25)31(34)40/h2-10,13,16,19-20,23H,11-12,14-15,17-18H2,1H3,(H2,34,40)(H2,33,35,36). The smallest absolute Gasteiger partial charge is 0.268 e. The molecule has 4 heterocycles. The molecule has 2 aromatic carbocycles. The zero-order valence-corrected chi connectivity index (χ0v) is 23.4. The summed E-state index contributed by atoms with van der Waals surface area (Å²) in [6, 6.07) is 20.8. The van der Waals surface area contributed by atoms with Gasteiger partial charge in [-0.25, -0.2) is 9.50 Å². The van der Waals surface area contributed by atoms with E-state index in [1.165, 1.54) is 10.9 Å². The van der Waals surface area contributed by atoms with E-state index in [4.69, 9.17) is 16.2 Å². The molecule has 3 aromatic heterocycles. The van der Waals surface area contributed by atoms with Crippen LogP contribution in [0.25, 0.3) is 33.5 Å². The van der Waals surface area contributed by atoms with Crippen LogP contribution in [-0.4, -0.2) is 63.3 Å². The van der Waals surface area contributed by atoms with E-state index < -0.39 is 11.5 Å². The Bertz CT molecular complexity index is 1790. The molecule has 10 nitrogen and oxygen atoms in total. The Morgan fingerprint density at radius 1 is 1.00 bits per heavy atom. The molecule has 6 rings (SSSR count). The topological polar surface area (TPSA) is 134 Å². The molecule has 5 aromatic rings. The van der Waals surface area contributed by atoms with Crippen molar-refractivity contribution in [1.29, 1.82) is 0 Å². The van der Waals surface area contributed by atoms with E-state index in [1.807, 2.05) is 47.0 Å². The van der Waals surface area contributed by atoms with Gasteiger partial charge >= 0.3 is 0 Å². The van der Waals surface area contributed by atoms with Crippen molar-refractivity contribution >= 4 is 17.2 Å². The summed E-state index contributed by atoms with van der Waals surface area (Å²) in [7, 11) is 1.73. The second-order valence-electron chi connectivity index (χ2n) is 10.6. The van der Waals surface area contributed by atoms with Gasteiger partial charge in [0, 0.05) is 48.3 Å². The van der Waals surface area contributed by atoms with Crippen LogP contribution in [0.1, 0.15) is 34.8 Å². The summed E-state index contributed by atoms with van der Waals surface area (Å²) in [6.07, 6.45) is 5.19. The molecule has 10 heteroatoms. The number of carbonyl (C=O) groups is 1. The zero-order valence-electron chi connectivity index (χ0n) is 23.4. The van der Waals surface area contributed by atoms with E-state index in [0.717, 1.165) is 61.4 Å². The van der Waals surface area contributed by atoms with Crippen LogP contribution in [0, 0.1) is 0 Å². The Balaban J connectivity index is 1.35.